The maximum absolute atomic E-state index is 12.0. The van der Waals surface area contributed by atoms with E-state index in [0.29, 0.717) is 29.3 Å². The average Bonchev–Trinajstić information content (AvgIpc) is 2.75. The van der Waals surface area contributed by atoms with Gasteiger partial charge in [0.05, 0.1) is 11.3 Å². The smallest absolute Gasteiger partial charge is 0.233 e. The minimum Gasteiger partial charge on any atom is -0.273 e. The molecule has 0 radical (unpaired) electrons. The van der Waals surface area contributed by atoms with Crippen LogP contribution in [-0.2, 0) is 22.9 Å². The summed E-state index contributed by atoms with van der Waals surface area (Å²) >= 11 is 6.96. The molecule has 0 saturated heterocycles. The zero-order valence-corrected chi connectivity index (χ0v) is 13.5. The molecular weight excluding hydrogens is 316 g/mol. The van der Waals surface area contributed by atoms with E-state index < -0.39 is 10.0 Å². The number of aryl methyl sites for hydroxylation is 1. The van der Waals surface area contributed by atoms with Gasteiger partial charge in [0.2, 0.25) is 10.0 Å². The number of anilines is 1. The van der Waals surface area contributed by atoms with E-state index in [1.807, 2.05) is 0 Å². The van der Waals surface area contributed by atoms with Crippen molar-refractivity contribution in [2.75, 3.05) is 16.4 Å². The van der Waals surface area contributed by atoms with Gasteiger partial charge in [0, 0.05) is 10.8 Å². The molecule has 0 unspecified atom stereocenters. The quantitative estimate of drug-likeness (QED) is 0.642. The standard InChI is InChI=1S/C13H17ClN2O2S2/c14-7-3-4-8-20(17,18)16-13-11(9-15)10-5-1-2-6-12(10)19-13/h16H,1-8H2. The van der Waals surface area contributed by atoms with Crippen molar-refractivity contribution in [2.24, 2.45) is 0 Å². The Morgan fingerprint density at radius 2 is 2.05 bits per heavy atom. The molecular formula is C13H17ClN2O2S2. The molecule has 7 heteroatoms. The zero-order valence-electron chi connectivity index (χ0n) is 11.1. The van der Waals surface area contributed by atoms with Crippen molar-refractivity contribution in [1.82, 2.24) is 0 Å². The van der Waals surface area contributed by atoms with Crippen LogP contribution in [0.5, 0.6) is 0 Å². The molecule has 1 aromatic heterocycles. The molecule has 1 aliphatic rings. The lowest BCUT2D eigenvalue weighted by Gasteiger charge is -2.09. The van der Waals surface area contributed by atoms with Crippen LogP contribution in [0.25, 0.3) is 0 Å². The predicted molar refractivity (Wildman–Crippen MR) is 83.0 cm³/mol. The predicted octanol–water partition coefficient (Wildman–Crippen LogP) is 3.26. The lowest BCUT2D eigenvalue weighted by atomic mass is 9.96. The molecule has 110 valence electrons. The zero-order chi connectivity index (χ0) is 14.6. The van der Waals surface area contributed by atoms with Crippen molar-refractivity contribution >= 4 is 38.0 Å². The third kappa shape index (κ3) is 3.66. The number of alkyl halides is 1. The van der Waals surface area contributed by atoms with Crippen LogP contribution in [0.3, 0.4) is 0 Å². The first kappa shape index (κ1) is 15.6. The van der Waals surface area contributed by atoms with E-state index in [0.717, 1.165) is 36.1 Å². The fourth-order valence-corrected chi connectivity index (χ4v) is 5.23. The molecule has 20 heavy (non-hydrogen) atoms. The largest absolute Gasteiger partial charge is 0.273 e. The summed E-state index contributed by atoms with van der Waals surface area (Å²) in [5.41, 5.74) is 1.56. The second kappa shape index (κ2) is 6.79. The van der Waals surface area contributed by atoms with E-state index in [1.165, 1.54) is 11.3 Å². The number of rotatable bonds is 6. The number of halogens is 1. The molecule has 2 rings (SSSR count). The Morgan fingerprint density at radius 1 is 1.30 bits per heavy atom. The summed E-state index contributed by atoms with van der Waals surface area (Å²) < 4.78 is 26.6. The molecule has 1 N–H and O–H groups in total. The van der Waals surface area contributed by atoms with Crippen LogP contribution in [0.1, 0.15) is 41.7 Å². The summed E-state index contributed by atoms with van der Waals surface area (Å²) in [6, 6.07) is 2.16. The molecule has 1 heterocycles. The second-order valence-electron chi connectivity index (χ2n) is 4.84. The molecule has 0 amide bonds. The second-order valence-corrected chi connectivity index (χ2v) is 8.17. The van der Waals surface area contributed by atoms with E-state index in [1.54, 1.807) is 0 Å². The number of unbranched alkanes of at least 4 members (excludes halogenated alkanes) is 1. The Hall–Kier alpha value is -0.770. The summed E-state index contributed by atoms with van der Waals surface area (Å²) in [7, 11) is -3.39. The Kier molecular flexibility index (Phi) is 5.30. The number of nitriles is 1. The van der Waals surface area contributed by atoms with Crippen LogP contribution in [0.15, 0.2) is 0 Å². The topological polar surface area (TPSA) is 70.0 Å². The third-order valence-corrected chi connectivity index (χ3v) is 6.27. The lowest BCUT2D eigenvalue weighted by Crippen LogP contribution is -2.16. The third-order valence-electron chi connectivity index (χ3n) is 3.33. The highest BCUT2D eigenvalue weighted by molar-refractivity contribution is 7.92. The highest BCUT2D eigenvalue weighted by atomic mass is 35.5. The molecule has 0 fully saturated rings. The van der Waals surface area contributed by atoms with Crippen molar-refractivity contribution in [2.45, 2.75) is 38.5 Å². The average molecular weight is 333 g/mol. The van der Waals surface area contributed by atoms with Gasteiger partial charge in [0.1, 0.15) is 11.1 Å². The molecule has 0 bridgehead atoms. The van der Waals surface area contributed by atoms with Gasteiger partial charge >= 0.3 is 0 Å². The summed E-state index contributed by atoms with van der Waals surface area (Å²) in [5.74, 6) is 0.513. The van der Waals surface area contributed by atoms with Gasteiger partial charge in [-0.25, -0.2) is 8.42 Å². The van der Waals surface area contributed by atoms with E-state index in [9.17, 15) is 13.7 Å². The number of nitrogens with zero attached hydrogens (tertiary/aromatic N) is 1. The maximum atomic E-state index is 12.0. The van der Waals surface area contributed by atoms with Crippen molar-refractivity contribution in [3.8, 4) is 6.07 Å². The Labute approximate surface area is 128 Å². The van der Waals surface area contributed by atoms with Crippen LogP contribution in [0.4, 0.5) is 5.00 Å². The van der Waals surface area contributed by atoms with Gasteiger partial charge < -0.3 is 0 Å². The minimum absolute atomic E-state index is 0.0488. The van der Waals surface area contributed by atoms with Crippen LogP contribution >= 0.6 is 22.9 Å². The number of thiophene rings is 1. The summed E-state index contributed by atoms with van der Waals surface area (Å²) in [4.78, 5) is 1.16. The van der Waals surface area contributed by atoms with Crippen molar-refractivity contribution in [3.63, 3.8) is 0 Å². The SMILES string of the molecule is N#Cc1c(NS(=O)(=O)CCCCCl)sc2c1CCCC2. The minimum atomic E-state index is -3.39. The molecule has 1 aromatic rings. The van der Waals surface area contributed by atoms with Crippen molar-refractivity contribution in [3.05, 3.63) is 16.0 Å². The number of hydrogen-bond acceptors (Lipinski definition) is 4. The molecule has 4 nitrogen and oxygen atoms in total. The summed E-state index contributed by atoms with van der Waals surface area (Å²) in [6.07, 6.45) is 5.21. The summed E-state index contributed by atoms with van der Waals surface area (Å²) in [6.45, 7) is 0. The number of sulfonamides is 1. The Bertz CT molecular complexity index is 617. The number of nitrogens with one attached hydrogen (secondary N) is 1. The van der Waals surface area contributed by atoms with Gasteiger partial charge in [-0.05, 0) is 44.1 Å². The summed E-state index contributed by atoms with van der Waals surface area (Å²) in [5, 5.41) is 9.77. The van der Waals surface area contributed by atoms with E-state index in [2.05, 4.69) is 10.8 Å². The number of fused-ring (bicyclic) bond motifs is 1. The highest BCUT2D eigenvalue weighted by Gasteiger charge is 2.23. The van der Waals surface area contributed by atoms with Gasteiger partial charge in [-0.1, -0.05) is 0 Å². The van der Waals surface area contributed by atoms with Gasteiger partial charge in [-0.3, -0.25) is 4.72 Å². The van der Waals surface area contributed by atoms with Crippen LogP contribution in [0, 0.1) is 11.3 Å². The van der Waals surface area contributed by atoms with Crippen molar-refractivity contribution < 1.29 is 8.42 Å². The van der Waals surface area contributed by atoms with E-state index in [4.69, 9.17) is 11.6 Å². The fraction of sp³-hybridized carbons (Fsp3) is 0.615. The fourth-order valence-electron chi connectivity index (χ4n) is 2.33. The molecule has 0 aromatic carbocycles. The van der Waals surface area contributed by atoms with Gasteiger partial charge in [0.15, 0.2) is 0 Å². The number of hydrogen-bond donors (Lipinski definition) is 1. The van der Waals surface area contributed by atoms with Crippen LogP contribution in [-0.4, -0.2) is 20.1 Å². The van der Waals surface area contributed by atoms with Crippen molar-refractivity contribution in [1.29, 1.82) is 5.26 Å². The molecule has 1 aliphatic carbocycles. The first-order valence-corrected chi connectivity index (χ1v) is 9.69. The van der Waals surface area contributed by atoms with Crippen LogP contribution < -0.4 is 4.72 Å². The lowest BCUT2D eigenvalue weighted by molar-refractivity contribution is 0.598. The molecule has 0 aliphatic heterocycles. The van der Waals surface area contributed by atoms with E-state index >= 15 is 0 Å². The molecule has 0 saturated carbocycles. The monoisotopic (exact) mass is 332 g/mol. The molecule has 0 atom stereocenters. The Morgan fingerprint density at radius 3 is 2.75 bits per heavy atom. The first-order chi connectivity index (χ1) is 9.57. The highest BCUT2D eigenvalue weighted by Crippen LogP contribution is 2.38. The maximum Gasteiger partial charge on any atom is 0.233 e. The van der Waals surface area contributed by atoms with Gasteiger partial charge in [-0.15, -0.1) is 22.9 Å². The van der Waals surface area contributed by atoms with Gasteiger partial charge in [-0.2, -0.15) is 5.26 Å². The molecule has 0 spiro atoms. The Balaban J connectivity index is 2.17. The van der Waals surface area contributed by atoms with Gasteiger partial charge in [0.25, 0.3) is 0 Å². The van der Waals surface area contributed by atoms with Crippen LogP contribution in [0.2, 0.25) is 0 Å². The van der Waals surface area contributed by atoms with E-state index in [-0.39, 0.29) is 5.75 Å². The normalized spacial score (nSPS) is 14.6. The first-order valence-electron chi connectivity index (χ1n) is 6.68.